The molecule has 0 heterocycles. The van der Waals surface area contributed by atoms with Gasteiger partial charge in [-0.3, -0.25) is 0 Å². The summed E-state index contributed by atoms with van der Waals surface area (Å²) >= 11 is 0. The number of urea groups is 1. The summed E-state index contributed by atoms with van der Waals surface area (Å²) in [7, 11) is 0. The number of carboxylic acid groups (broad SMARTS) is 1. The molecule has 6 heteroatoms. The fraction of sp³-hybridized carbons (Fsp3) is 0.857. The Kier molecular flexibility index (Phi) is 6.78. The largest absolute Gasteiger partial charge is 0.480 e. The molecule has 20 heavy (non-hydrogen) atoms. The van der Waals surface area contributed by atoms with Crippen molar-refractivity contribution in [3.05, 3.63) is 0 Å². The van der Waals surface area contributed by atoms with E-state index in [4.69, 9.17) is 5.11 Å². The fourth-order valence-electron chi connectivity index (χ4n) is 2.62. The minimum Gasteiger partial charge on any atom is -0.480 e. The molecule has 1 saturated carbocycles. The predicted molar refractivity (Wildman–Crippen MR) is 75.6 cm³/mol. The summed E-state index contributed by atoms with van der Waals surface area (Å²) in [6, 6.07) is -0.378. The number of hydrogen-bond donors (Lipinski definition) is 3. The molecule has 0 saturated heterocycles. The maximum Gasteiger partial charge on any atom is 0.329 e. The highest BCUT2D eigenvalue weighted by molar-refractivity contribution is 5.86. The van der Waals surface area contributed by atoms with Crippen molar-refractivity contribution in [2.75, 3.05) is 19.7 Å². The SMILES string of the molecule is CCCCN(CCO)C(=O)NC1(C(=O)O)CCCCC1. The van der Waals surface area contributed by atoms with Gasteiger partial charge in [0.25, 0.3) is 0 Å². The molecule has 1 rings (SSSR count). The minimum absolute atomic E-state index is 0.114. The number of carbonyl (C=O) groups is 2. The van der Waals surface area contributed by atoms with Crippen LogP contribution >= 0.6 is 0 Å². The first-order chi connectivity index (χ1) is 9.55. The van der Waals surface area contributed by atoms with E-state index < -0.39 is 11.5 Å². The van der Waals surface area contributed by atoms with Crippen molar-refractivity contribution in [3.63, 3.8) is 0 Å². The average molecular weight is 286 g/mol. The first-order valence-electron chi connectivity index (χ1n) is 7.47. The van der Waals surface area contributed by atoms with Crippen molar-refractivity contribution in [1.29, 1.82) is 0 Å². The zero-order valence-corrected chi connectivity index (χ0v) is 12.2. The zero-order valence-electron chi connectivity index (χ0n) is 12.2. The van der Waals surface area contributed by atoms with Crippen molar-refractivity contribution in [3.8, 4) is 0 Å². The molecule has 0 aromatic rings. The number of amides is 2. The minimum atomic E-state index is -1.13. The van der Waals surface area contributed by atoms with Crippen LogP contribution in [0.1, 0.15) is 51.9 Å². The van der Waals surface area contributed by atoms with Crippen LogP contribution in [0.5, 0.6) is 0 Å². The Bertz CT molecular complexity index is 327. The van der Waals surface area contributed by atoms with Gasteiger partial charge < -0.3 is 20.4 Å². The van der Waals surface area contributed by atoms with Crippen molar-refractivity contribution in [2.24, 2.45) is 0 Å². The van der Waals surface area contributed by atoms with Crippen LogP contribution in [0.25, 0.3) is 0 Å². The summed E-state index contributed by atoms with van der Waals surface area (Å²) < 4.78 is 0. The van der Waals surface area contributed by atoms with Crippen LogP contribution in [0.4, 0.5) is 4.79 Å². The van der Waals surface area contributed by atoms with Gasteiger partial charge in [-0.2, -0.15) is 0 Å². The van der Waals surface area contributed by atoms with Crippen molar-refractivity contribution in [2.45, 2.75) is 57.4 Å². The van der Waals surface area contributed by atoms with E-state index in [1.165, 1.54) is 4.90 Å². The molecule has 0 aromatic carbocycles. The van der Waals surface area contributed by atoms with Gasteiger partial charge in [-0.05, 0) is 19.3 Å². The molecule has 0 bridgehead atoms. The highest BCUT2D eigenvalue weighted by atomic mass is 16.4. The summed E-state index contributed by atoms with van der Waals surface area (Å²) in [4.78, 5) is 25.3. The first kappa shape index (κ1) is 16.8. The number of nitrogens with zero attached hydrogens (tertiary/aromatic N) is 1. The second-order valence-electron chi connectivity index (χ2n) is 5.44. The third-order valence-corrected chi connectivity index (χ3v) is 3.90. The Morgan fingerprint density at radius 3 is 2.35 bits per heavy atom. The van der Waals surface area contributed by atoms with Crippen LogP contribution in [0.15, 0.2) is 0 Å². The summed E-state index contributed by atoms with van der Waals surface area (Å²) in [5.74, 6) is -0.954. The lowest BCUT2D eigenvalue weighted by atomic mass is 9.82. The van der Waals surface area contributed by atoms with E-state index in [1.54, 1.807) is 0 Å². The van der Waals surface area contributed by atoms with Gasteiger partial charge in [0.05, 0.1) is 6.61 Å². The fourth-order valence-corrected chi connectivity index (χ4v) is 2.62. The van der Waals surface area contributed by atoms with Gasteiger partial charge in [0.1, 0.15) is 5.54 Å². The topological polar surface area (TPSA) is 89.9 Å². The van der Waals surface area contributed by atoms with Crippen LogP contribution in [0.3, 0.4) is 0 Å². The number of nitrogens with one attached hydrogen (secondary N) is 1. The maximum absolute atomic E-state index is 12.3. The quantitative estimate of drug-likeness (QED) is 0.663. The molecule has 1 aliphatic rings. The lowest BCUT2D eigenvalue weighted by Crippen LogP contribution is -2.59. The standard InChI is InChI=1S/C14H26N2O4/c1-2-3-9-16(10-11-17)13(20)15-14(12(18)19)7-5-4-6-8-14/h17H,2-11H2,1H3,(H,15,20)(H,18,19). The molecule has 1 fully saturated rings. The molecule has 116 valence electrons. The summed E-state index contributed by atoms with van der Waals surface area (Å²) in [5.41, 5.74) is -1.13. The van der Waals surface area contributed by atoms with Crippen LogP contribution in [0, 0.1) is 0 Å². The Morgan fingerprint density at radius 2 is 1.85 bits per heavy atom. The molecule has 6 nitrogen and oxygen atoms in total. The van der Waals surface area contributed by atoms with Gasteiger partial charge in [-0.1, -0.05) is 32.6 Å². The van der Waals surface area contributed by atoms with Crippen LogP contribution in [0.2, 0.25) is 0 Å². The smallest absolute Gasteiger partial charge is 0.329 e. The van der Waals surface area contributed by atoms with Gasteiger partial charge in [0.2, 0.25) is 0 Å². The first-order valence-corrected chi connectivity index (χ1v) is 7.47. The van der Waals surface area contributed by atoms with Crippen molar-refractivity contribution >= 4 is 12.0 Å². The number of aliphatic carboxylic acids is 1. The molecule has 1 aliphatic carbocycles. The number of unbranched alkanes of at least 4 members (excludes halogenated alkanes) is 1. The van der Waals surface area contributed by atoms with Gasteiger partial charge in [-0.25, -0.2) is 9.59 Å². The van der Waals surface area contributed by atoms with E-state index in [0.29, 0.717) is 19.4 Å². The number of aliphatic hydroxyl groups excluding tert-OH is 1. The monoisotopic (exact) mass is 286 g/mol. The Hall–Kier alpha value is -1.30. The van der Waals surface area contributed by atoms with E-state index in [9.17, 15) is 14.7 Å². The van der Waals surface area contributed by atoms with Gasteiger partial charge in [-0.15, -0.1) is 0 Å². The lowest BCUT2D eigenvalue weighted by molar-refractivity contribution is -0.146. The summed E-state index contributed by atoms with van der Waals surface area (Å²) in [5, 5.41) is 21.2. The molecule has 0 aliphatic heterocycles. The molecular weight excluding hydrogens is 260 g/mol. The Morgan fingerprint density at radius 1 is 1.20 bits per heavy atom. The second kappa shape index (κ2) is 8.09. The van der Waals surface area contributed by atoms with E-state index in [0.717, 1.165) is 32.1 Å². The molecule has 0 atom stereocenters. The molecule has 3 N–H and O–H groups in total. The number of carboxylic acids is 1. The highest BCUT2D eigenvalue weighted by Gasteiger charge is 2.41. The predicted octanol–water partition coefficient (Wildman–Crippen LogP) is 1.58. The Balaban J connectivity index is 2.69. The molecule has 0 unspecified atom stereocenters. The number of rotatable bonds is 7. The van der Waals surface area contributed by atoms with E-state index in [-0.39, 0.29) is 19.2 Å². The number of carbonyl (C=O) groups excluding carboxylic acids is 1. The third kappa shape index (κ3) is 4.37. The zero-order chi connectivity index (χ0) is 15.0. The van der Waals surface area contributed by atoms with Crippen molar-refractivity contribution in [1.82, 2.24) is 10.2 Å². The van der Waals surface area contributed by atoms with Gasteiger partial charge >= 0.3 is 12.0 Å². The van der Waals surface area contributed by atoms with Crippen LogP contribution in [-0.4, -0.2) is 52.3 Å². The molecule has 0 aromatic heterocycles. The normalized spacial score (nSPS) is 17.5. The van der Waals surface area contributed by atoms with Gasteiger partial charge in [0.15, 0.2) is 0 Å². The van der Waals surface area contributed by atoms with E-state index in [1.807, 2.05) is 6.92 Å². The third-order valence-electron chi connectivity index (χ3n) is 3.90. The summed E-state index contributed by atoms with van der Waals surface area (Å²) in [6.07, 6.45) is 5.40. The maximum atomic E-state index is 12.3. The second-order valence-corrected chi connectivity index (χ2v) is 5.44. The van der Waals surface area contributed by atoms with Crippen molar-refractivity contribution < 1.29 is 19.8 Å². The molecule has 0 radical (unpaired) electrons. The number of hydrogen-bond acceptors (Lipinski definition) is 3. The van der Waals surface area contributed by atoms with Crippen LogP contribution in [-0.2, 0) is 4.79 Å². The lowest BCUT2D eigenvalue weighted by Gasteiger charge is -2.36. The van der Waals surface area contributed by atoms with E-state index in [2.05, 4.69) is 5.32 Å². The van der Waals surface area contributed by atoms with Gasteiger partial charge in [0, 0.05) is 13.1 Å². The molecule has 2 amide bonds. The number of aliphatic hydroxyl groups is 1. The average Bonchev–Trinajstić information content (AvgIpc) is 2.44. The highest BCUT2D eigenvalue weighted by Crippen LogP contribution is 2.28. The molecular formula is C14H26N2O4. The van der Waals surface area contributed by atoms with Crippen LogP contribution < -0.4 is 5.32 Å². The summed E-state index contributed by atoms with van der Waals surface area (Å²) in [6.45, 7) is 2.69. The van der Waals surface area contributed by atoms with E-state index >= 15 is 0 Å². The Labute approximate surface area is 120 Å². The molecule has 0 spiro atoms.